The lowest BCUT2D eigenvalue weighted by Crippen LogP contribution is -2.36. The number of benzene rings is 2. The average molecular weight is 392 g/mol. The highest BCUT2D eigenvalue weighted by Crippen LogP contribution is 2.37. The van der Waals surface area contributed by atoms with Crippen LogP contribution in [0, 0.1) is 11.8 Å². The molecule has 2 aromatic rings. The fraction of sp³-hybridized carbons (Fsp3) is 0.556. The third-order valence-corrected chi connectivity index (χ3v) is 7.29. The first-order valence-corrected chi connectivity index (χ1v) is 11.8. The lowest BCUT2D eigenvalue weighted by molar-refractivity contribution is 0.0558. The van der Waals surface area contributed by atoms with Gasteiger partial charge in [0.15, 0.2) is 0 Å². The van der Waals surface area contributed by atoms with Crippen molar-refractivity contribution < 1.29 is 5.11 Å². The Kier molecular flexibility index (Phi) is 6.72. The van der Waals surface area contributed by atoms with Crippen molar-refractivity contribution in [1.29, 1.82) is 0 Å². The van der Waals surface area contributed by atoms with Gasteiger partial charge in [-0.3, -0.25) is 0 Å². The van der Waals surface area contributed by atoms with Crippen LogP contribution in [0.4, 0.5) is 0 Å². The molecule has 2 heterocycles. The minimum absolute atomic E-state index is 0.755. The Hall–Kier alpha value is -1.64. The molecule has 5 rings (SSSR count). The van der Waals surface area contributed by atoms with Crippen LogP contribution in [0.25, 0.3) is 0 Å². The van der Waals surface area contributed by atoms with Gasteiger partial charge in [0.2, 0.25) is 0 Å². The molecule has 2 saturated heterocycles. The summed E-state index contributed by atoms with van der Waals surface area (Å²) in [6, 6.07) is 19.0. The summed E-state index contributed by atoms with van der Waals surface area (Å²) in [6.07, 6.45) is 9.94. The number of unbranched alkanes of at least 4 members (excludes halogenated alkanes) is 1. The Morgan fingerprint density at radius 3 is 2.03 bits per heavy atom. The summed E-state index contributed by atoms with van der Waals surface area (Å²) >= 11 is 0. The molecule has 3 aliphatic rings. The maximum absolute atomic E-state index is 11.9. The van der Waals surface area contributed by atoms with Gasteiger partial charge in [0.25, 0.3) is 0 Å². The van der Waals surface area contributed by atoms with E-state index in [1.165, 1.54) is 57.2 Å². The molecule has 29 heavy (non-hydrogen) atoms. The van der Waals surface area contributed by atoms with Crippen molar-refractivity contribution in [2.24, 2.45) is 11.8 Å². The number of aryl methyl sites for hydroxylation is 1. The monoisotopic (exact) mass is 391 g/mol. The second-order valence-electron chi connectivity index (χ2n) is 9.42. The van der Waals surface area contributed by atoms with Crippen LogP contribution in [-0.4, -0.2) is 29.6 Å². The standard InChI is InChI=1S/C27H37NO/c1-2-3-7-22-14-16-26(17-15-22)27(29,25-8-5-4-6-9-25)18-19-28-20-23-10-11-24(21-28)13-12-23/h4-6,8-9,14-17,23-24,29H,2-3,7,10-13,18-21H2,1H3/t23?,24?,27-/m1/s1. The fourth-order valence-electron chi connectivity index (χ4n) is 5.40. The maximum atomic E-state index is 11.9. The highest BCUT2D eigenvalue weighted by Gasteiger charge is 2.34. The van der Waals surface area contributed by atoms with Gasteiger partial charge in [0, 0.05) is 19.6 Å². The lowest BCUT2D eigenvalue weighted by atomic mass is 9.83. The molecule has 1 atom stereocenters. The minimum Gasteiger partial charge on any atom is -0.380 e. The number of hydrogen-bond acceptors (Lipinski definition) is 2. The number of rotatable bonds is 8. The molecular formula is C27H37NO. The zero-order valence-electron chi connectivity index (χ0n) is 18.0. The van der Waals surface area contributed by atoms with Gasteiger partial charge in [0.1, 0.15) is 5.60 Å². The Bertz CT molecular complexity index is 734. The first-order valence-electron chi connectivity index (χ1n) is 11.8. The highest BCUT2D eigenvalue weighted by molar-refractivity contribution is 5.37. The van der Waals surface area contributed by atoms with Crippen molar-refractivity contribution in [3.05, 3.63) is 71.3 Å². The molecule has 0 radical (unpaired) electrons. The first-order chi connectivity index (χ1) is 14.2. The molecule has 2 heteroatoms. The van der Waals surface area contributed by atoms with Crippen molar-refractivity contribution in [1.82, 2.24) is 4.90 Å². The SMILES string of the molecule is CCCCc1ccc([C@@](O)(CCN2CC3CCC(CC3)C2)c2ccccc2)cc1. The summed E-state index contributed by atoms with van der Waals surface area (Å²) in [4.78, 5) is 2.64. The van der Waals surface area contributed by atoms with Crippen LogP contribution < -0.4 is 0 Å². The summed E-state index contributed by atoms with van der Waals surface area (Å²) in [5.74, 6) is 1.74. The van der Waals surface area contributed by atoms with Crippen LogP contribution in [0.3, 0.4) is 0 Å². The smallest absolute Gasteiger partial charge is 0.116 e. The average Bonchev–Trinajstić information content (AvgIpc) is 3.10. The molecule has 1 saturated carbocycles. The van der Waals surface area contributed by atoms with Gasteiger partial charge in [-0.15, -0.1) is 0 Å². The van der Waals surface area contributed by atoms with E-state index in [-0.39, 0.29) is 0 Å². The van der Waals surface area contributed by atoms with Crippen molar-refractivity contribution in [3.63, 3.8) is 0 Å². The van der Waals surface area contributed by atoms with Crippen molar-refractivity contribution in [3.8, 4) is 0 Å². The molecular weight excluding hydrogens is 354 g/mol. The predicted molar refractivity (Wildman–Crippen MR) is 121 cm³/mol. The third-order valence-electron chi connectivity index (χ3n) is 7.29. The molecule has 0 aromatic heterocycles. The van der Waals surface area contributed by atoms with Gasteiger partial charge in [-0.1, -0.05) is 67.9 Å². The van der Waals surface area contributed by atoms with Gasteiger partial charge in [0.05, 0.1) is 0 Å². The number of fused-ring (bicyclic) bond motifs is 4. The molecule has 3 fully saturated rings. The summed E-state index contributed by atoms with van der Waals surface area (Å²) < 4.78 is 0. The van der Waals surface area contributed by atoms with E-state index in [0.717, 1.165) is 42.3 Å². The van der Waals surface area contributed by atoms with E-state index in [0.29, 0.717) is 0 Å². The molecule has 1 aliphatic carbocycles. The molecule has 0 spiro atoms. The first kappa shape index (κ1) is 20.6. The van der Waals surface area contributed by atoms with E-state index in [9.17, 15) is 5.11 Å². The Labute approximate surface area is 177 Å². The minimum atomic E-state index is -0.921. The van der Waals surface area contributed by atoms with E-state index in [2.05, 4.69) is 48.2 Å². The van der Waals surface area contributed by atoms with E-state index in [4.69, 9.17) is 0 Å². The van der Waals surface area contributed by atoms with E-state index < -0.39 is 5.60 Å². The van der Waals surface area contributed by atoms with Gasteiger partial charge >= 0.3 is 0 Å². The topological polar surface area (TPSA) is 23.5 Å². The normalized spacial score (nSPS) is 24.2. The van der Waals surface area contributed by atoms with Crippen LogP contribution in [0.1, 0.15) is 68.6 Å². The summed E-state index contributed by atoms with van der Waals surface area (Å²) in [7, 11) is 0. The van der Waals surface area contributed by atoms with Crippen molar-refractivity contribution in [2.75, 3.05) is 19.6 Å². The zero-order chi connectivity index (χ0) is 20.1. The third kappa shape index (κ3) is 4.92. The summed E-state index contributed by atoms with van der Waals surface area (Å²) in [6.45, 7) is 5.64. The van der Waals surface area contributed by atoms with Crippen LogP contribution in [0.2, 0.25) is 0 Å². The quantitative estimate of drug-likeness (QED) is 0.617. The van der Waals surface area contributed by atoms with E-state index in [1.54, 1.807) is 0 Å². The summed E-state index contributed by atoms with van der Waals surface area (Å²) in [5.41, 5.74) is 2.49. The molecule has 2 nitrogen and oxygen atoms in total. The van der Waals surface area contributed by atoms with Crippen molar-refractivity contribution in [2.45, 2.75) is 63.9 Å². The maximum Gasteiger partial charge on any atom is 0.116 e. The van der Waals surface area contributed by atoms with Gasteiger partial charge in [-0.2, -0.15) is 0 Å². The second kappa shape index (κ2) is 9.45. The Balaban J connectivity index is 1.53. The summed E-state index contributed by atoms with van der Waals surface area (Å²) in [5, 5.41) is 11.9. The molecule has 0 unspecified atom stereocenters. The number of nitrogens with zero attached hydrogens (tertiary/aromatic N) is 1. The predicted octanol–water partition coefficient (Wildman–Crippen LogP) is 5.78. The van der Waals surface area contributed by atoms with E-state index in [1.807, 2.05) is 18.2 Å². The van der Waals surface area contributed by atoms with E-state index >= 15 is 0 Å². The van der Waals surface area contributed by atoms with Gasteiger partial charge < -0.3 is 10.0 Å². The van der Waals surface area contributed by atoms with Gasteiger partial charge in [-0.25, -0.2) is 0 Å². The molecule has 0 amide bonds. The highest BCUT2D eigenvalue weighted by atomic mass is 16.3. The van der Waals surface area contributed by atoms with Crippen molar-refractivity contribution >= 4 is 0 Å². The zero-order valence-corrected chi connectivity index (χ0v) is 18.0. The molecule has 2 aromatic carbocycles. The number of aliphatic hydroxyl groups is 1. The Morgan fingerprint density at radius 2 is 1.45 bits per heavy atom. The molecule has 2 aliphatic heterocycles. The van der Waals surface area contributed by atoms with Crippen LogP contribution >= 0.6 is 0 Å². The Morgan fingerprint density at radius 1 is 0.862 bits per heavy atom. The second-order valence-corrected chi connectivity index (χ2v) is 9.42. The van der Waals surface area contributed by atoms with Crippen LogP contribution in [0.15, 0.2) is 54.6 Å². The molecule has 1 N–H and O–H groups in total. The molecule has 2 bridgehead atoms. The largest absolute Gasteiger partial charge is 0.380 e. The molecule has 156 valence electrons. The number of hydrogen-bond donors (Lipinski definition) is 1. The fourth-order valence-corrected chi connectivity index (χ4v) is 5.40. The lowest BCUT2D eigenvalue weighted by Gasteiger charge is -2.33. The van der Waals surface area contributed by atoms with Gasteiger partial charge in [-0.05, 0) is 73.5 Å². The van der Waals surface area contributed by atoms with Crippen LogP contribution in [0.5, 0.6) is 0 Å². The van der Waals surface area contributed by atoms with Crippen LogP contribution in [-0.2, 0) is 12.0 Å².